The van der Waals surface area contributed by atoms with E-state index >= 15 is 0 Å². The van der Waals surface area contributed by atoms with Crippen LogP contribution < -0.4 is 10.2 Å². The smallest absolute Gasteiger partial charge is 0.263 e. The zero-order valence-electron chi connectivity index (χ0n) is 21.5. The molecule has 3 amide bonds. The summed E-state index contributed by atoms with van der Waals surface area (Å²) >= 11 is 0. The number of hydrogen-bond donors (Lipinski definition) is 1. The quantitative estimate of drug-likeness (QED) is 0.599. The Bertz CT molecular complexity index is 1210. The molecule has 1 N–H and O–H groups in total. The van der Waals surface area contributed by atoms with Crippen LogP contribution in [-0.4, -0.2) is 60.5 Å². The first-order valence-corrected chi connectivity index (χ1v) is 13.2. The van der Waals surface area contributed by atoms with Crippen LogP contribution in [0.2, 0.25) is 0 Å². The third-order valence-corrected chi connectivity index (χ3v) is 7.74. The maximum Gasteiger partial charge on any atom is 0.263 e. The van der Waals surface area contributed by atoms with Gasteiger partial charge in [0.05, 0.1) is 28.3 Å². The fourth-order valence-electron chi connectivity index (χ4n) is 5.88. The van der Waals surface area contributed by atoms with Gasteiger partial charge in [-0.15, -0.1) is 0 Å². The van der Waals surface area contributed by atoms with Crippen LogP contribution in [0.3, 0.4) is 0 Å². The van der Waals surface area contributed by atoms with Crippen molar-refractivity contribution in [2.75, 3.05) is 31.1 Å². The maximum absolute atomic E-state index is 13.9. The highest BCUT2D eigenvalue weighted by molar-refractivity contribution is 6.24. The third kappa shape index (κ3) is 5.12. The predicted molar refractivity (Wildman–Crippen MR) is 138 cm³/mol. The molecule has 2 atom stereocenters. The number of imide groups is 1. The molecule has 2 saturated heterocycles. The number of carbonyl (C=O) groups excluding carboxylic acids is 3. The van der Waals surface area contributed by atoms with Gasteiger partial charge in [-0.25, -0.2) is 4.39 Å². The highest BCUT2D eigenvalue weighted by Gasteiger charge is 2.45. The van der Waals surface area contributed by atoms with Crippen LogP contribution in [0.25, 0.3) is 0 Å². The van der Waals surface area contributed by atoms with E-state index in [1.807, 2.05) is 26.0 Å². The summed E-state index contributed by atoms with van der Waals surface area (Å²) in [5.74, 6) is -1.08. The van der Waals surface area contributed by atoms with Crippen LogP contribution in [0.4, 0.5) is 10.1 Å². The summed E-state index contributed by atoms with van der Waals surface area (Å²) in [6.07, 6.45) is 3.20. The fraction of sp³-hybridized carbons (Fsp3) is 0.483. The van der Waals surface area contributed by atoms with Crippen LogP contribution in [0, 0.1) is 11.7 Å². The van der Waals surface area contributed by atoms with E-state index in [2.05, 4.69) is 10.2 Å². The lowest BCUT2D eigenvalue weighted by molar-refractivity contribution is -0.125. The topological polar surface area (TPSA) is 79.0 Å². The Hall–Kier alpha value is -3.26. The Labute approximate surface area is 217 Å². The number of halogens is 1. The monoisotopic (exact) mass is 507 g/mol. The summed E-state index contributed by atoms with van der Waals surface area (Å²) in [6.45, 7) is 6.02. The number of piperidine rings is 1. The summed E-state index contributed by atoms with van der Waals surface area (Å²) < 4.78 is 19.7. The minimum absolute atomic E-state index is 0.0675. The molecule has 2 aromatic carbocycles. The highest BCUT2D eigenvalue weighted by Crippen LogP contribution is 2.38. The SMILES string of the molecule is CC1(C)C[C@H](N2C(=O)c3cccc(N4CCC[C@H](C(=O)NCCc5ccccc5F)C4)c3C2=O)CCO1. The molecule has 0 unspecified atom stereocenters. The van der Waals surface area contributed by atoms with E-state index in [9.17, 15) is 18.8 Å². The van der Waals surface area contributed by atoms with Gasteiger partial charge in [0.1, 0.15) is 5.82 Å². The maximum atomic E-state index is 13.9. The van der Waals surface area contributed by atoms with E-state index in [4.69, 9.17) is 4.74 Å². The number of carbonyl (C=O) groups is 3. The zero-order valence-corrected chi connectivity index (χ0v) is 21.5. The summed E-state index contributed by atoms with van der Waals surface area (Å²) in [4.78, 5) is 43.4. The number of amides is 3. The number of rotatable bonds is 6. The lowest BCUT2D eigenvalue weighted by Gasteiger charge is -2.39. The van der Waals surface area contributed by atoms with Gasteiger partial charge in [-0.1, -0.05) is 24.3 Å². The molecule has 2 fully saturated rings. The average molecular weight is 508 g/mol. The number of fused-ring (bicyclic) bond motifs is 1. The van der Waals surface area contributed by atoms with Gasteiger partial charge in [-0.05, 0) is 69.7 Å². The van der Waals surface area contributed by atoms with Gasteiger partial charge in [0.25, 0.3) is 11.8 Å². The van der Waals surface area contributed by atoms with Crippen molar-refractivity contribution in [1.29, 1.82) is 0 Å². The van der Waals surface area contributed by atoms with Crippen LogP contribution in [0.15, 0.2) is 42.5 Å². The molecule has 3 aliphatic rings. The van der Waals surface area contributed by atoms with Crippen LogP contribution >= 0.6 is 0 Å². The van der Waals surface area contributed by atoms with Gasteiger partial charge < -0.3 is 15.0 Å². The van der Waals surface area contributed by atoms with Crippen molar-refractivity contribution in [1.82, 2.24) is 10.2 Å². The van der Waals surface area contributed by atoms with Crippen LogP contribution in [-0.2, 0) is 16.0 Å². The number of anilines is 1. The summed E-state index contributed by atoms with van der Waals surface area (Å²) in [5, 5.41) is 2.95. The van der Waals surface area contributed by atoms with Crippen LogP contribution in [0.1, 0.15) is 65.8 Å². The molecule has 0 radical (unpaired) electrons. The van der Waals surface area contributed by atoms with Gasteiger partial charge >= 0.3 is 0 Å². The molecular weight excluding hydrogens is 473 g/mol. The molecule has 7 nitrogen and oxygen atoms in total. The van der Waals surface area contributed by atoms with Gasteiger partial charge in [0.15, 0.2) is 0 Å². The van der Waals surface area contributed by atoms with E-state index in [0.29, 0.717) is 67.9 Å². The molecule has 0 spiro atoms. The van der Waals surface area contributed by atoms with Crippen molar-refractivity contribution in [2.24, 2.45) is 5.92 Å². The van der Waals surface area contributed by atoms with E-state index in [0.717, 1.165) is 12.8 Å². The van der Waals surface area contributed by atoms with Crippen molar-refractivity contribution in [3.05, 3.63) is 65.0 Å². The minimum atomic E-state index is -0.388. The molecule has 0 saturated carbocycles. The number of hydrogen-bond acceptors (Lipinski definition) is 5. The van der Waals surface area contributed by atoms with Crippen molar-refractivity contribution < 1.29 is 23.5 Å². The first kappa shape index (κ1) is 25.4. The Morgan fingerprint density at radius 2 is 1.92 bits per heavy atom. The molecule has 3 aliphatic heterocycles. The predicted octanol–water partition coefficient (Wildman–Crippen LogP) is 3.95. The molecule has 0 bridgehead atoms. The second-order valence-corrected chi connectivity index (χ2v) is 10.9. The van der Waals surface area contributed by atoms with Gasteiger partial charge in [0, 0.05) is 32.3 Å². The van der Waals surface area contributed by atoms with Crippen molar-refractivity contribution in [2.45, 2.75) is 57.6 Å². The molecule has 196 valence electrons. The van der Waals surface area contributed by atoms with Gasteiger partial charge in [0.2, 0.25) is 5.91 Å². The number of ether oxygens (including phenoxy) is 1. The normalized spacial score (nSPS) is 23.2. The zero-order chi connectivity index (χ0) is 26.2. The molecule has 0 aliphatic carbocycles. The molecule has 0 aromatic heterocycles. The van der Waals surface area contributed by atoms with E-state index in [1.165, 1.54) is 11.0 Å². The molecule has 8 heteroatoms. The van der Waals surface area contributed by atoms with E-state index in [-0.39, 0.29) is 41.1 Å². The van der Waals surface area contributed by atoms with Crippen LogP contribution in [0.5, 0.6) is 0 Å². The molecule has 3 heterocycles. The Kier molecular flexibility index (Phi) is 7.03. The van der Waals surface area contributed by atoms with Crippen molar-refractivity contribution in [3.63, 3.8) is 0 Å². The van der Waals surface area contributed by atoms with Crippen molar-refractivity contribution in [3.8, 4) is 0 Å². The number of nitrogens with zero attached hydrogens (tertiary/aromatic N) is 2. The first-order valence-electron chi connectivity index (χ1n) is 13.2. The average Bonchev–Trinajstić information content (AvgIpc) is 3.14. The molecule has 37 heavy (non-hydrogen) atoms. The molecule has 2 aromatic rings. The lowest BCUT2D eigenvalue weighted by Crippen LogP contribution is -2.48. The second-order valence-electron chi connectivity index (χ2n) is 10.9. The van der Waals surface area contributed by atoms with E-state index in [1.54, 1.807) is 24.3 Å². The number of nitrogens with one attached hydrogen (secondary N) is 1. The lowest BCUT2D eigenvalue weighted by atomic mass is 9.93. The van der Waals surface area contributed by atoms with Gasteiger partial charge in [-0.3, -0.25) is 19.3 Å². The third-order valence-electron chi connectivity index (χ3n) is 7.74. The minimum Gasteiger partial charge on any atom is -0.375 e. The molecular formula is C29H34FN3O4. The van der Waals surface area contributed by atoms with Crippen molar-refractivity contribution >= 4 is 23.4 Å². The summed E-state index contributed by atoms with van der Waals surface area (Å²) in [7, 11) is 0. The number of benzene rings is 2. The summed E-state index contributed by atoms with van der Waals surface area (Å²) in [5.41, 5.74) is 1.78. The Morgan fingerprint density at radius 3 is 2.70 bits per heavy atom. The van der Waals surface area contributed by atoms with E-state index < -0.39 is 0 Å². The Morgan fingerprint density at radius 1 is 1.11 bits per heavy atom. The highest BCUT2D eigenvalue weighted by atomic mass is 19.1. The molecule has 5 rings (SSSR count). The van der Waals surface area contributed by atoms with Gasteiger partial charge in [-0.2, -0.15) is 0 Å². The second kappa shape index (κ2) is 10.2. The Balaban J connectivity index is 1.28. The largest absolute Gasteiger partial charge is 0.375 e. The first-order chi connectivity index (χ1) is 17.7. The standard InChI is InChI=1S/C29H34FN3O4/c1-29(2)17-21(13-16-37-29)33-27(35)22-9-5-11-24(25(22)28(33)36)32-15-6-8-20(18-32)26(34)31-14-12-19-7-3-4-10-23(19)30/h3-5,7,9-11,20-21H,6,8,12-18H2,1-2H3,(H,31,34)/t20-,21+/m0/s1. The fourth-order valence-corrected chi connectivity index (χ4v) is 5.88. The summed E-state index contributed by atoms with van der Waals surface area (Å²) in [6, 6.07) is 11.8.